The van der Waals surface area contributed by atoms with E-state index in [4.69, 9.17) is 17.0 Å². The minimum absolute atomic E-state index is 0.680. The van der Waals surface area contributed by atoms with Gasteiger partial charge < -0.3 is 15.4 Å². The molecule has 6 heteroatoms. The summed E-state index contributed by atoms with van der Waals surface area (Å²) in [5.41, 5.74) is 0. The summed E-state index contributed by atoms with van der Waals surface area (Å²) in [5.74, 6) is 0. The van der Waals surface area contributed by atoms with Gasteiger partial charge in [-0.25, -0.2) is 4.98 Å². The molecule has 0 saturated heterocycles. The molecule has 0 amide bonds. The van der Waals surface area contributed by atoms with Gasteiger partial charge in [0, 0.05) is 30.8 Å². The van der Waals surface area contributed by atoms with Crippen molar-refractivity contribution < 1.29 is 4.74 Å². The maximum absolute atomic E-state index is 5.25. The van der Waals surface area contributed by atoms with Gasteiger partial charge in [-0.1, -0.05) is 6.92 Å². The number of nitrogens with zero attached hydrogens (tertiary/aromatic N) is 1. The summed E-state index contributed by atoms with van der Waals surface area (Å²) in [6.07, 6.45) is 3.94. The van der Waals surface area contributed by atoms with Crippen LogP contribution < -0.4 is 10.6 Å². The van der Waals surface area contributed by atoms with Crippen LogP contribution in [0.5, 0.6) is 0 Å². The van der Waals surface area contributed by atoms with E-state index in [0.717, 1.165) is 37.6 Å². The van der Waals surface area contributed by atoms with Gasteiger partial charge in [-0.15, -0.1) is 11.3 Å². The van der Waals surface area contributed by atoms with Gasteiger partial charge in [0.2, 0.25) is 0 Å². The molecule has 0 aromatic carbocycles. The van der Waals surface area contributed by atoms with Crippen molar-refractivity contribution >= 4 is 28.7 Å². The molecular weight excluding hydrogens is 266 g/mol. The van der Waals surface area contributed by atoms with E-state index in [2.05, 4.69) is 22.5 Å². The molecule has 1 aromatic rings. The van der Waals surface area contributed by atoms with E-state index < -0.39 is 0 Å². The summed E-state index contributed by atoms with van der Waals surface area (Å²) < 4.78 is 5.25. The molecule has 18 heavy (non-hydrogen) atoms. The lowest BCUT2D eigenvalue weighted by atomic mass is 10.4. The summed E-state index contributed by atoms with van der Waals surface area (Å²) in [7, 11) is 0. The quantitative estimate of drug-likeness (QED) is 0.566. The SMILES string of the molecule is CCOCCCNC(=S)NCc1ncc(CC)s1. The van der Waals surface area contributed by atoms with Gasteiger partial charge in [-0.05, 0) is 32.0 Å². The molecular formula is C12H21N3OS2. The molecule has 1 heterocycles. The molecule has 0 radical (unpaired) electrons. The predicted octanol–water partition coefficient (Wildman–Crippen LogP) is 2.10. The summed E-state index contributed by atoms with van der Waals surface area (Å²) in [6, 6.07) is 0. The van der Waals surface area contributed by atoms with Crippen LogP contribution in [-0.4, -0.2) is 29.9 Å². The fourth-order valence-electron chi connectivity index (χ4n) is 1.33. The van der Waals surface area contributed by atoms with Crippen LogP contribution >= 0.6 is 23.6 Å². The smallest absolute Gasteiger partial charge is 0.166 e. The number of aryl methyl sites for hydroxylation is 1. The third-order valence-corrected chi connectivity index (χ3v) is 3.74. The minimum atomic E-state index is 0.680. The monoisotopic (exact) mass is 287 g/mol. The minimum Gasteiger partial charge on any atom is -0.382 e. The second-order valence-electron chi connectivity index (χ2n) is 3.73. The molecule has 0 aliphatic carbocycles. The second-order valence-corrected chi connectivity index (χ2v) is 5.34. The van der Waals surface area contributed by atoms with Crippen LogP contribution in [-0.2, 0) is 17.7 Å². The highest BCUT2D eigenvalue weighted by Crippen LogP contribution is 2.12. The lowest BCUT2D eigenvalue weighted by Gasteiger charge is -2.09. The summed E-state index contributed by atoms with van der Waals surface area (Å²) in [5, 5.41) is 8.06. The maximum atomic E-state index is 5.25. The Morgan fingerprint density at radius 3 is 2.94 bits per heavy atom. The zero-order chi connectivity index (χ0) is 13.2. The van der Waals surface area contributed by atoms with E-state index >= 15 is 0 Å². The number of thiocarbonyl (C=S) groups is 1. The second kappa shape index (κ2) is 9.24. The molecule has 0 aliphatic heterocycles. The van der Waals surface area contributed by atoms with E-state index in [9.17, 15) is 0 Å². The summed E-state index contributed by atoms with van der Waals surface area (Å²) in [6.45, 7) is 7.21. The Kier molecular flexibility index (Phi) is 7.88. The molecule has 0 unspecified atom stereocenters. The Labute approximate surface area is 118 Å². The fraction of sp³-hybridized carbons (Fsp3) is 0.667. The Morgan fingerprint density at radius 1 is 1.44 bits per heavy atom. The highest BCUT2D eigenvalue weighted by atomic mass is 32.1. The standard InChI is InChI=1S/C12H21N3OS2/c1-3-10-8-14-11(18-10)9-15-12(17)13-6-5-7-16-4-2/h8H,3-7,9H2,1-2H3,(H2,13,15,17). The van der Waals surface area contributed by atoms with E-state index in [-0.39, 0.29) is 0 Å². The highest BCUT2D eigenvalue weighted by molar-refractivity contribution is 7.80. The number of rotatable bonds is 8. The van der Waals surface area contributed by atoms with Crippen molar-refractivity contribution in [2.75, 3.05) is 19.8 Å². The average Bonchev–Trinajstić information content (AvgIpc) is 2.84. The highest BCUT2D eigenvalue weighted by Gasteiger charge is 2.01. The van der Waals surface area contributed by atoms with Crippen molar-refractivity contribution in [3.8, 4) is 0 Å². The normalized spacial score (nSPS) is 10.3. The van der Waals surface area contributed by atoms with Gasteiger partial charge in [0.1, 0.15) is 5.01 Å². The number of hydrogen-bond donors (Lipinski definition) is 2. The zero-order valence-electron chi connectivity index (χ0n) is 11.0. The number of aromatic nitrogens is 1. The number of nitrogens with one attached hydrogen (secondary N) is 2. The molecule has 0 bridgehead atoms. The zero-order valence-corrected chi connectivity index (χ0v) is 12.6. The largest absolute Gasteiger partial charge is 0.382 e. The first kappa shape index (κ1) is 15.3. The molecule has 1 rings (SSSR count). The van der Waals surface area contributed by atoms with Crippen LogP contribution in [0, 0.1) is 0 Å². The van der Waals surface area contributed by atoms with E-state index in [1.165, 1.54) is 4.88 Å². The van der Waals surface area contributed by atoms with Crippen LogP contribution in [0.3, 0.4) is 0 Å². The molecule has 102 valence electrons. The Bertz CT molecular complexity index is 355. The van der Waals surface area contributed by atoms with Gasteiger partial charge >= 0.3 is 0 Å². The number of thiazole rings is 1. The van der Waals surface area contributed by atoms with Crippen molar-refractivity contribution in [3.63, 3.8) is 0 Å². The lowest BCUT2D eigenvalue weighted by Crippen LogP contribution is -2.35. The topological polar surface area (TPSA) is 46.2 Å². The Hall–Kier alpha value is -0.720. The number of hydrogen-bond acceptors (Lipinski definition) is 4. The third-order valence-electron chi connectivity index (χ3n) is 2.31. The van der Waals surface area contributed by atoms with Crippen LogP contribution in [0.25, 0.3) is 0 Å². The van der Waals surface area contributed by atoms with Crippen LogP contribution in [0.4, 0.5) is 0 Å². The molecule has 2 N–H and O–H groups in total. The summed E-state index contributed by atoms with van der Waals surface area (Å²) in [4.78, 5) is 5.64. The van der Waals surface area contributed by atoms with Gasteiger partial charge in [0.05, 0.1) is 6.54 Å². The maximum Gasteiger partial charge on any atom is 0.166 e. The first-order valence-corrected chi connectivity index (χ1v) is 7.51. The number of ether oxygens (including phenoxy) is 1. The van der Waals surface area contributed by atoms with Gasteiger partial charge in [0.15, 0.2) is 5.11 Å². The average molecular weight is 287 g/mol. The van der Waals surface area contributed by atoms with Crippen molar-refractivity contribution in [1.82, 2.24) is 15.6 Å². The Morgan fingerprint density at radius 2 is 2.28 bits per heavy atom. The van der Waals surface area contributed by atoms with Crippen LogP contribution in [0.1, 0.15) is 30.2 Å². The van der Waals surface area contributed by atoms with E-state index in [1.54, 1.807) is 11.3 Å². The molecule has 4 nitrogen and oxygen atoms in total. The first-order valence-electron chi connectivity index (χ1n) is 6.29. The molecule has 0 atom stereocenters. The van der Waals surface area contributed by atoms with Crippen LogP contribution in [0.2, 0.25) is 0 Å². The van der Waals surface area contributed by atoms with Crippen LogP contribution in [0.15, 0.2) is 6.20 Å². The Balaban J connectivity index is 2.09. The van der Waals surface area contributed by atoms with Crippen molar-refractivity contribution in [2.24, 2.45) is 0 Å². The molecule has 0 saturated carbocycles. The van der Waals surface area contributed by atoms with E-state index in [1.807, 2.05) is 13.1 Å². The van der Waals surface area contributed by atoms with E-state index in [0.29, 0.717) is 11.7 Å². The first-order chi connectivity index (χ1) is 8.76. The van der Waals surface area contributed by atoms with Gasteiger partial charge in [-0.2, -0.15) is 0 Å². The molecule has 1 aromatic heterocycles. The summed E-state index contributed by atoms with van der Waals surface area (Å²) >= 11 is 6.91. The van der Waals surface area contributed by atoms with Crippen molar-refractivity contribution in [3.05, 3.63) is 16.1 Å². The van der Waals surface area contributed by atoms with Gasteiger partial charge in [0.25, 0.3) is 0 Å². The predicted molar refractivity (Wildman–Crippen MR) is 80.0 cm³/mol. The van der Waals surface area contributed by atoms with Gasteiger partial charge in [-0.3, -0.25) is 0 Å². The van der Waals surface area contributed by atoms with Crippen molar-refractivity contribution in [2.45, 2.75) is 33.2 Å². The molecule has 0 aliphatic rings. The third kappa shape index (κ3) is 6.28. The molecule has 0 spiro atoms. The van der Waals surface area contributed by atoms with Crippen molar-refractivity contribution in [1.29, 1.82) is 0 Å². The lowest BCUT2D eigenvalue weighted by molar-refractivity contribution is 0.145. The molecule has 0 fully saturated rings. The fourth-order valence-corrected chi connectivity index (χ4v) is 2.31.